The van der Waals surface area contributed by atoms with Gasteiger partial charge in [-0.05, 0) is 110 Å². The Morgan fingerprint density at radius 1 is 1.18 bits per heavy atom. The van der Waals surface area contributed by atoms with Gasteiger partial charge in [-0.3, -0.25) is 4.98 Å². The molecule has 2 saturated carbocycles. The Kier molecular flexibility index (Phi) is 6.23. The van der Waals surface area contributed by atoms with E-state index < -0.39 is 11.5 Å². The summed E-state index contributed by atoms with van der Waals surface area (Å²) in [5.74, 6) is 1.85. The Bertz CT molecular complexity index is 967. The number of pyridine rings is 1. The fourth-order valence-electron chi connectivity index (χ4n) is 7.64. The molecule has 3 aliphatic rings. The standard InChI is InChI=1S/C28H38N2O3/c1-27-12-10-23-22-9-7-21(32)15-19(22)6-8-24(23)25(27)16-28(18-31,26(27)33)11-4-13-29-17-20-5-2-3-14-30-20/h2-3,5,7,9,14-15,23-26,29,31-33H,4,6,8,10-13,16-18H2,1H3/t23?,24?,25?,26-,27+,28-/m1/s1. The first-order valence-corrected chi connectivity index (χ1v) is 12.7. The molecule has 3 aliphatic carbocycles. The van der Waals surface area contributed by atoms with Gasteiger partial charge in [-0.1, -0.05) is 19.1 Å². The summed E-state index contributed by atoms with van der Waals surface area (Å²) in [7, 11) is 0. The first kappa shape index (κ1) is 22.8. The SMILES string of the molecule is C[C@]12CCC3c4ccc(O)cc4CCC3C1C[C@@](CO)(CCCNCc1ccccn1)[C@@H]2O. The molecule has 1 aromatic carbocycles. The topological polar surface area (TPSA) is 85.6 Å². The van der Waals surface area contributed by atoms with E-state index in [0.29, 0.717) is 23.5 Å². The molecule has 3 unspecified atom stereocenters. The Morgan fingerprint density at radius 2 is 2.06 bits per heavy atom. The molecular formula is C28H38N2O3. The van der Waals surface area contributed by atoms with Crippen LogP contribution in [0.4, 0.5) is 0 Å². The highest BCUT2D eigenvalue weighted by Gasteiger charge is 2.63. The predicted molar refractivity (Wildman–Crippen MR) is 129 cm³/mol. The van der Waals surface area contributed by atoms with Crippen LogP contribution in [0.1, 0.15) is 68.2 Å². The van der Waals surface area contributed by atoms with Crippen molar-refractivity contribution in [1.82, 2.24) is 10.3 Å². The quantitative estimate of drug-likeness (QED) is 0.476. The van der Waals surface area contributed by atoms with Gasteiger partial charge in [0.25, 0.3) is 0 Å². The normalized spacial score (nSPS) is 35.0. The largest absolute Gasteiger partial charge is 0.508 e. The second-order valence-corrected chi connectivity index (χ2v) is 11.1. The van der Waals surface area contributed by atoms with Crippen LogP contribution in [0.5, 0.6) is 5.75 Å². The molecule has 2 fully saturated rings. The zero-order valence-corrected chi connectivity index (χ0v) is 19.7. The van der Waals surface area contributed by atoms with E-state index in [1.807, 2.05) is 36.5 Å². The van der Waals surface area contributed by atoms with Crippen LogP contribution in [0, 0.1) is 22.7 Å². The summed E-state index contributed by atoms with van der Waals surface area (Å²) in [5.41, 5.74) is 3.20. The van der Waals surface area contributed by atoms with Crippen LogP contribution in [-0.4, -0.2) is 39.6 Å². The summed E-state index contributed by atoms with van der Waals surface area (Å²) in [6.45, 7) is 3.94. The molecular weight excluding hydrogens is 412 g/mol. The molecule has 5 nitrogen and oxygen atoms in total. The first-order chi connectivity index (χ1) is 16.0. The van der Waals surface area contributed by atoms with Crippen LogP contribution in [-0.2, 0) is 13.0 Å². The van der Waals surface area contributed by atoms with E-state index in [4.69, 9.17) is 0 Å². The highest BCUT2D eigenvalue weighted by atomic mass is 16.3. The molecule has 0 bridgehead atoms. The number of hydrogen-bond acceptors (Lipinski definition) is 5. The van der Waals surface area contributed by atoms with Crippen LogP contribution in [0.15, 0.2) is 42.6 Å². The predicted octanol–water partition coefficient (Wildman–Crippen LogP) is 4.16. The Hall–Kier alpha value is -1.95. The van der Waals surface area contributed by atoms with Crippen LogP contribution < -0.4 is 5.32 Å². The molecule has 178 valence electrons. The van der Waals surface area contributed by atoms with Crippen molar-refractivity contribution < 1.29 is 15.3 Å². The fourth-order valence-corrected chi connectivity index (χ4v) is 7.64. The lowest BCUT2D eigenvalue weighted by Crippen LogP contribution is -2.46. The van der Waals surface area contributed by atoms with Crippen molar-refractivity contribution >= 4 is 0 Å². The Balaban J connectivity index is 1.27. The average molecular weight is 451 g/mol. The molecule has 33 heavy (non-hydrogen) atoms. The minimum atomic E-state index is -0.460. The first-order valence-electron chi connectivity index (χ1n) is 12.7. The highest BCUT2D eigenvalue weighted by molar-refractivity contribution is 5.40. The second-order valence-electron chi connectivity index (χ2n) is 11.1. The van der Waals surface area contributed by atoms with Gasteiger partial charge in [-0.2, -0.15) is 0 Å². The third-order valence-electron chi connectivity index (χ3n) is 9.35. The van der Waals surface area contributed by atoms with Gasteiger partial charge in [-0.25, -0.2) is 0 Å². The maximum atomic E-state index is 11.6. The number of aliphatic hydroxyl groups is 2. The van der Waals surface area contributed by atoms with Crippen LogP contribution in [0.3, 0.4) is 0 Å². The van der Waals surface area contributed by atoms with Gasteiger partial charge in [0.05, 0.1) is 18.4 Å². The van der Waals surface area contributed by atoms with Crippen molar-refractivity contribution in [3.8, 4) is 5.75 Å². The summed E-state index contributed by atoms with van der Waals surface area (Å²) in [6.07, 6.45) is 8.23. The molecule has 4 N–H and O–H groups in total. The molecule has 0 amide bonds. The van der Waals surface area contributed by atoms with Gasteiger partial charge in [-0.15, -0.1) is 0 Å². The van der Waals surface area contributed by atoms with E-state index in [0.717, 1.165) is 63.7 Å². The molecule has 0 saturated heterocycles. The van der Waals surface area contributed by atoms with Gasteiger partial charge < -0.3 is 20.6 Å². The van der Waals surface area contributed by atoms with Crippen molar-refractivity contribution in [3.05, 3.63) is 59.4 Å². The van der Waals surface area contributed by atoms with Crippen LogP contribution in [0.2, 0.25) is 0 Å². The number of nitrogens with zero attached hydrogens (tertiary/aromatic N) is 1. The number of aryl methyl sites for hydroxylation is 1. The summed E-state index contributed by atoms with van der Waals surface area (Å²) in [5, 5.41) is 35.6. The lowest BCUT2D eigenvalue weighted by molar-refractivity contribution is -0.0713. The highest BCUT2D eigenvalue weighted by Crippen LogP contribution is 2.66. The number of rotatable bonds is 7. The molecule has 5 heteroatoms. The van der Waals surface area contributed by atoms with Crippen molar-refractivity contribution in [2.24, 2.45) is 22.7 Å². The minimum absolute atomic E-state index is 0.0579. The number of nitrogens with one attached hydrogen (secondary N) is 1. The maximum absolute atomic E-state index is 11.6. The van der Waals surface area contributed by atoms with Crippen LogP contribution in [0.25, 0.3) is 0 Å². The molecule has 1 heterocycles. The van der Waals surface area contributed by atoms with Crippen LogP contribution >= 0.6 is 0 Å². The summed E-state index contributed by atoms with van der Waals surface area (Å²) >= 11 is 0. The van der Waals surface area contributed by atoms with Gasteiger partial charge in [0.15, 0.2) is 0 Å². The smallest absolute Gasteiger partial charge is 0.115 e. The fraction of sp³-hybridized carbons (Fsp3) is 0.607. The molecule has 0 spiro atoms. The lowest BCUT2D eigenvalue weighted by atomic mass is 9.55. The molecule has 1 aromatic heterocycles. The zero-order valence-electron chi connectivity index (χ0n) is 19.7. The summed E-state index contributed by atoms with van der Waals surface area (Å²) in [6, 6.07) is 11.8. The van der Waals surface area contributed by atoms with Gasteiger partial charge in [0.1, 0.15) is 5.75 Å². The number of phenols is 1. The third kappa shape index (κ3) is 3.98. The molecule has 2 aromatic rings. The van der Waals surface area contributed by atoms with E-state index in [2.05, 4.69) is 23.3 Å². The van der Waals surface area contributed by atoms with Gasteiger partial charge in [0.2, 0.25) is 0 Å². The number of fused-ring (bicyclic) bond motifs is 5. The van der Waals surface area contributed by atoms with E-state index in [1.54, 1.807) is 0 Å². The van der Waals surface area contributed by atoms with E-state index >= 15 is 0 Å². The number of aliphatic hydroxyl groups excluding tert-OH is 2. The summed E-state index contributed by atoms with van der Waals surface area (Å²) in [4.78, 5) is 4.36. The van der Waals surface area contributed by atoms with Crippen molar-refractivity contribution in [3.63, 3.8) is 0 Å². The van der Waals surface area contributed by atoms with E-state index in [9.17, 15) is 15.3 Å². The molecule has 6 atom stereocenters. The number of hydrogen-bond donors (Lipinski definition) is 4. The van der Waals surface area contributed by atoms with E-state index in [1.165, 1.54) is 11.1 Å². The number of benzene rings is 1. The number of aromatic hydroxyl groups is 1. The molecule has 5 rings (SSSR count). The minimum Gasteiger partial charge on any atom is -0.508 e. The maximum Gasteiger partial charge on any atom is 0.115 e. The lowest BCUT2D eigenvalue weighted by Gasteiger charge is -2.50. The van der Waals surface area contributed by atoms with Gasteiger partial charge >= 0.3 is 0 Å². The molecule has 0 aliphatic heterocycles. The monoisotopic (exact) mass is 450 g/mol. The molecule has 0 radical (unpaired) electrons. The third-order valence-corrected chi connectivity index (χ3v) is 9.35. The summed E-state index contributed by atoms with van der Waals surface area (Å²) < 4.78 is 0. The average Bonchev–Trinajstić information content (AvgIpc) is 3.06. The van der Waals surface area contributed by atoms with Gasteiger partial charge in [0, 0.05) is 18.2 Å². The van der Waals surface area contributed by atoms with Crippen molar-refractivity contribution in [2.45, 2.75) is 70.4 Å². The Labute approximate surface area is 197 Å². The zero-order chi connectivity index (χ0) is 23.1. The second kappa shape index (κ2) is 9.01. The Morgan fingerprint density at radius 3 is 2.85 bits per heavy atom. The van der Waals surface area contributed by atoms with Crippen molar-refractivity contribution in [2.75, 3.05) is 13.2 Å². The van der Waals surface area contributed by atoms with E-state index in [-0.39, 0.29) is 12.0 Å². The number of aromatic nitrogens is 1. The van der Waals surface area contributed by atoms with Crippen molar-refractivity contribution in [1.29, 1.82) is 0 Å². The number of phenolic OH excluding ortho intramolecular Hbond substituents is 1.